The van der Waals surface area contributed by atoms with Gasteiger partial charge in [0.25, 0.3) is 0 Å². The van der Waals surface area contributed by atoms with Crippen molar-refractivity contribution < 1.29 is 9.53 Å². The first kappa shape index (κ1) is 20.0. The number of aromatic nitrogens is 3. The van der Waals surface area contributed by atoms with E-state index in [2.05, 4.69) is 31.9 Å². The van der Waals surface area contributed by atoms with Crippen LogP contribution in [0.2, 0.25) is 5.02 Å². The van der Waals surface area contributed by atoms with Crippen LogP contribution in [0.4, 0.5) is 11.4 Å². The summed E-state index contributed by atoms with van der Waals surface area (Å²) < 4.78 is 5.22. The van der Waals surface area contributed by atoms with Crippen molar-refractivity contribution in [2.75, 3.05) is 23.5 Å². The number of methoxy groups -OCH3 is 1. The summed E-state index contributed by atoms with van der Waals surface area (Å²) in [6.45, 7) is 2.56. The lowest BCUT2D eigenvalue weighted by Gasteiger charge is -2.09. The number of H-pyrrole nitrogens is 1. The Labute approximate surface area is 172 Å². The minimum absolute atomic E-state index is 0.165. The lowest BCUT2D eigenvalue weighted by Crippen LogP contribution is -2.14. The molecule has 0 aliphatic carbocycles. The van der Waals surface area contributed by atoms with Gasteiger partial charge in [-0.1, -0.05) is 35.5 Å². The lowest BCUT2D eigenvalue weighted by atomic mass is 10.2. The number of rotatable bonds is 8. The second-order valence-corrected chi connectivity index (χ2v) is 7.35. The standard InChI is InChI=1S/C19H20ClN5O2S/c1-12-4-3-5-14(8-12)21-10-17-23-19(25-24-17)28-11-18(26)22-15-9-13(20)6-7-16(15)27-2/h3-9,21H,10-11H2,1-2H3,(H,22,26)(H,23,24,25). The summed E-state index contributed by atoms with van der Waals surface area (Å²) in [4.78, 5) is 16.6. The number of carbonyl (C=O) groups excluding carboxylic acids is 1. The van der Waals surface area contributed by atoms with Crippen molar-refractivity contribution in [3.63, 3.8) is 0 Å². The van der Waals surface area contributed by atoms with Gasteiger partial charge in [0.1, 0.15) is 11.6 Å². The molecule has 0 saturated heterocycles. The Balaban J connectivity index is 1.50. The van der Waals surface area contributed by atoms with Crippen LogP contribution in [0.25, 0.3) is 0 Å². The van der Waals surface area contributed by atoms with Crippen LogP contribution in [0.1, 0.15) is 11.4 Å². The smallest absolute Gasteiger partial charge is 0.234 e. The van der Waals surface area contributed by atoms with Crippen molar-refractivity contribution in [3.8, 4) is 5.75 Å². The molecule has 0 atom stereocenters. The van der Waals surface area contributed by atoms with Crippen molar-refractivity contribution >= 4 is 40.6 Å². The molecule has 0 spiro atoms. The van der Waals surface area contributed by atoms with Gasteiger partial charge in [-0.15, -0.1) is 5.10 Å². The Bertz CT molecular complexity index is 963. The number of ether oxygens (including phenoxy) is 1. The summed E-state index contributed by atoms with van der Waals surface area (Å²) in [7, 11) is 1.54. The summed E-state index contributed by atoms with van der Waals surface area (Å²) in [6.07, 6.45) is 0. The van der Waals surface area contributed by atoms with E-state index < -0.39 is 0 Å². The zero-order chi connectivity index (χ0) is 19.9. The third kappa shape index (κ3) is 5.64. The molecule has 9 heteroatoms. The van der Waals surface area contributed by atoms with Gasteiger partial charge in [0.15, 0.2) is 0 Å². The van der Waals surface area contributed by atoms with Gasteiger partial charge < -0.3 is 15.4 Å². The molecule has 7 nitrogen and oxygen atoms in total. The molecule has 1 amide bonds. The summed E-state index contributed by atoms with van der Waals surface area (Å²) >= 11 is 7.22. The highest BCUT2D eigenvalue weighted by atomic mass is 35.5. The monoisotopic (exact) mass is 417 g/mol. The number of nitrogens with one attached hydrogen (secondary N) is 3. The van der Waals surface area contributed by atoms with Gasteiger partial charge in [0.2, 0.25) is 11.1 Å². The molecule has 146 valence electrons. The number of aromatic amines is 1. The number of halogens is 1. The van der Waals surface area contributed by atoms with Gasteiger partial charge in [-0.2, -0.15) is 0 Å². The predicted molar refractivity (Wildman–Crippen MR) is 112 cm³/mol. The number of anilines is 2. The Morgan fingerprint density at radius 1 is 1.29 bits per heavy atom. The molecule has 0 saturated carbocycles. The molecule has 2 aromatic carbocycles. The molecule has 0 aliphatic heterocycles. The minimum atomic E-state index is -0.199. The Morgan fingerprint density at radius 3 is 2.93 bits per heavy atom. The number of aryl methyl sites for hydroxylation is 1. The van der Waals surface area contributed by atoms with Crippen molar-refractivity contribution in [1.29, 1.82) is 0 Å². The largest absolute Gasteiger partial charge is 0.495 e. The molecule has 3 aromatic rings. The lowest BCUT2D eigenvalue weighted by molar-refractivity contribution is -0.113. The molecule has 0 fully saturated rings. The maximum Gasteiger partial charge on any atom is 0.234 e. The van der Waals surface area contributed by atoms with Gasteiger partial charge in [-0.25, -0.2) is 4.98 Å². The molecule has 0 radical (unpaired) electrons. The third-order valence-electron chi connectivity index (χ3n) is 3.76. The van der Waals surface area contributed by atoms with E-state index in [0.717, 1.165) is 5.69 Å². The molecule has 28 heavy (non-hydrogen) atoms. The summed E-state index contributed by atoms with van der Waals surface area (Å²) in [5.41, 5.74) is 2.72. The second-order valence-electron chi connectivity index (χ2n) is 5.97. The SMILES string of the molecule is COc1ccc(Cl)cc1NC(=O)CSc1n[nH]c(CNc2cccc(C)c2)n1. The van der Waals surface area contributed by atoms with Gasteiger partial charge in [0, 0.05) is 10.7 Å². The van der Waals surface area contributed by atoms with Crippen LogP contribution in [0.5, 0.6) is 5.75 Å². The van der Waals surface area contributed by atoms with Crippen molar-refractivity contribution in [3.05, 3.63) is 58.9 Å². The normalized spacial score (nSPS) is 10.5. The number of hydrogen-bond donors (Lipinski definition) is 3. The highest BCUT2D eigenvalue weighted by Gasteiger charge is 2.11. The quantitative estimate of drug-likeness (QED) is 0.477. The summed E-state index contributed by atoms with van der Waals surface area (Å²) in [5.74, 6) is 1.21. The van der Waals surface area contributed by atoms with E-state index in [9.17, 15) is 4.79 Å². The number of hydrogen-bond acceptors (Lipinski definition) is 6. The highest BCUT2D eigenvalue weighted by Crippen LogP contribution is 2.28. The molecule has 3 N–H and O–H groups in total. The number of amides is 1. The van der Waals surface area contributed by atoms with E-state index >= 15 is 0 Å². The van der Waals surface area contributed by atoms with Gasteiger partial charge in [-0.05, 0) is 42.8 Å². The maximum absolute atomic E-state index is 12.2. The van der Waals surface area contributed by atoms with E-state index in [0.29, 0.717) is 34.0 Å². The molecule has 0 bridgehead atoms. The Morgan fingerprint density at radius 2 is 2.14 bits per heavy atom. The van der Waals surface area contributed by atoms with E-state index in [-0.39, 0.29) is 11.7 Å². The van der Waals surface area contributed by atoms with Crippen LogP contribution in [0.15, 0.2) is 47.6 Å². The first-order valence-electron chi connectivity index (χ1n) is 8.51. The minimum Gasteiger partial charge on any atom is -0.495 e. The highest BCUT2D eigenvalue weighted by molar-refractivity contribution is 7.99. The van der Waals surface area contributed by atoms with Crippen molar-refractivity contribution in [1.82, 2.24) is 15.2 Å². The predicted octanol–water partition coefficient (Wildman–Crippen LogP) is 4.12. The molecule has 1 heterocycles. The fourth-order valence-corrected chi connectivity index (χ4v) is 3.25. The molecule has 1 aromatic heterocycles. The summed E-state index contributed by atoms with van der Waals surface area (Å²) in [6, 6.07) is 13.1. The molecular formula is C19H20ClN5O2S. The van der Waals surface area contributed by atoms with Gasteiger partial charge >= 0.3 is 0 Å². The van der Waals surface area contributed by atoms with Crippen molar-refractivity contribution in [2.45, 2.75) is 18.6 Å². The van der Waals surface area contributed by atoms with Gasteiger partial charge in [-0.3, -0.25) is 9.89 Å². The molecule has 0 aliphatic rings. The van der Waals surface area contributed by atoms with Crippen LogP contribution < -0.4 is 15.4 Å². The van der Waals surface area contributed by atoms with E-state index in [1.165, 1.54) is 24.4 Å². The van der Waals surface area contributed by atoms with Crippen LogP contribution in [0, 0.1) is 6.92 Å². The molecular weight excluding hydrogens is 398 g/mol. The average molecular weight is 418 g/mol. The average Bonchev–Trinajstić information content (AvgIpc) is 3.13. The third-order valence-corrected chi connectivity index (χ3v) is 4.84. The van der Waals surface area contributed by atoms with E-state index in [1.54, 1.807) is 18.2 Å². The van der Waals surface area contributed by atoms with Crippen LogP contribution >= 0.6 is 23.4 Å². The van der Waals surface area contributed by atoms with Crippen LogP contribution in [-0.4, -0.2) is 34.0 Å². The number of benzene rings is 2. The van der Waals surface area contributed by atoms with Crippen LogP contribution in [-0.2, 0) is 11.3 Å². The first-order chi connectivity index (χ1) is 13.5. The zero-order valence-corrected chi connectivity index (χ0v) is 17.0. The maximum atomic E-state index is 12.2. The number of nitrogens with zero attached hydrogens (tertiary/aromatic N) is 2. The molecule has 0 unspecified atom stereocenters. The Hall–Kier alpha value is -2.71. The number of carbonyl (C=O) groups is 1. The summed E-state index contributed by atoms with van der Waals surface area (Å²) in [5, 5.41) is 14.1. The topological polar surface area (TPSA) is 91.9 Å². The molecule has 3 rings (SSSR count). The van der Waals surface area contributed by atoms with E-state index in [1.807, 2.05) is 25.1 Å². The zero-order valence-electron chi connectivity index (χ0n) is 15.5. The van der Waals surface area contributed by atoms with Crippen molar-refractivity contribution in [2.24, 2.45) is 0 Å². The van der Waals surface area contributed by atoms with E-state index in [4.69, 9.17) is 16.3 Å². The fraction of sp³-hybridized carbons (Fsp3) is 0.211. The van der Waals surface area contributed by atoms with Gasteiger partial charge in [0.05, 0.1) is 25.1 Å². The second kappa shape index (κ2) is 9.48. The fourth-order valence-electron chi connectivity index (χ4n) is 2.46. The Kier molecular flexibility index (Phi) is 6.78. The first-order valence-corrected chi connectivity index (χ1v) is 9.88. The van der Waals surface area contributed by atoms with Crippen LogP contribution in [0.3, 0.4) is 0 Å². The number of thioether (sulfide) groups is 1.